The zero-order chi connectivity index (χ0) is 21.5. The van der Waals surface area contributed by atoms with Crippen LogP contribution in [0.3, 0.4) is 0 Å². The van der Waals surface area contributed by atoms with E-state index in [0.717, 1.165) is 40.8 Å². The van der Waals surface area contributed by atoms with E-state index in [0.29, 0.717) is 29.7 Å². The number of fused-ring (bicyclic) bond motifs is 1. The molecule has 3 aromatic rings. The Balaban J connectivity index is 1.72. The van der Waals surface area contributed by atoms with E-state index in [1.807, 2.05) is 43.3 Å². The minimum Gasteiger partial charge on any atom is -0.497 e. The summed E-state index contributed by atoms with van der Waals surface area (Å²) in [5, 5.41) is 8.21. The van der Waals surface area contributed by atoms with Gasteiger partial charge in [0.1, 0.15) is 17.5 Å². The van der Waals surface area contributed by atoms with Gasteiger partial charge in [0.2, 0.25) is 5.95 Å². The molecule has 2 heterocycles. The van der Waals surface area contributed by atoms with Gasteiger partial charge in [0.25, 0.3) is 0 Å². The Hall–Kier alpha value is -3.61. The minimum absolute atomic E-state index is 0.127. The number of aromatic nitrogens is 3. The van der Waals surface area contributed by atoms with Crippen molar-refractivity contribution in [3.63, 3.8) is 0 Å². The fraction of sp³-hybridized carbons (Fsp3) is 0.292. The van der Waals surface area contributed by atoms with Gasteiger partial charge in [-0.3, -0.25) is 4.79 Å². The van der Waals surface area contributed by atoms with E-state index in [1.165, 1.54) is 0 Å². The number of allylic oxidation sites excluding steroid dienone is 2. The normalized spacial score (nSPS) is 17.6. The number of nitrogens with zero attached hydrogens (tertiary/aromatic N) is 3. The highest BCUT2D eigenvalue weighted by atomic mass is 16.5. The zero-order valence-electron chi connectivity index (χ0n) is 17.8. The van der Waals surface area contributed by atoms with Gasteiger partial charge in [-0.25, -0.2) is 4.68 Å². The van der Waals surface area contributed by atoms with Crippen LogP contribution in [-0.4, -0.2) is 34.8 Å². The minimum atomic E-state index is -0.435. The van der Waals surface area contributed by atoms with E-state index in [4.69, 9.17) is 19.6 Å². The first-order valence-corrected chi connectivity index (χ1v) is 10.4. The Labute approximate surface area is 180 Å². The molecule has 0 radical (unpaired) electrons. The molecule has 7 heteroatoms. The molecule has 5 rings (SSSR count). The molecule has 1 aromatic heterocycles. The van der Waals surface area contributed by atoms with Crippen LogP contribution in [0.5, 0.6) is 11.5 Å². The van der Waals surface area contributed by atoms with Crippen LogP contribution >= 0.6 is 0 Å². The largest absolute Gasteiger partial charge is 0.497 e. The molecular weight excluding hydrogens is 392 g/mol. The molecule has 2 aromatic carbocycles. The quantitative estimate of drug-likeness (QED) is 0.684. The van der Waals surface area contributed by atoms with Crippen LogP contribution < -0.4 is 14.8 Å². The second-order valence-electron chi connectivity index (χ2n) is 7.88. The van der Waals surface area contributed by atoms with Crippen molar-refractivity contribution in [3.8, 4) is 22.9 Å². The Morgan fingerprint density at radius 2 is 1.97 bits per heavy atom. The number of anilines is 1. The van der Waals surface area contributed by atoms with Crippen molar-refractivity contribution in [2.45, 2.75) is 32.2 Å². The fourth-order valence-corrected chi connectivity index (χ4v) is 4.40. The lowest BCUT2D eigenvalue weighted by Crippen LogP contribution is -2.31. The van der Waals surface area contributed by atoms with Crippen molar-refractivity contribution in [3.05, 3.63) is 64.9 Å². The van der Waals surface area contributed by atoms with Gasteiger partial charge in [-0.15, -0.1) is 5.10 Å². The van der Waals surface area contributed by atoms with E-state index < -0.39 is 6.04 Å². The van der Waals surface area contributed by atoms with E-state index in [-0.39, 0.29) is 5.78 Å². The van der Waals surface area contributed by atoms with Crippen molar-refractivity contribution >= 4 is 11.7 Å². The number of ether oxygens (including phenoxy) is 2. The van der Waals surface area contributed by atoms with Crippen LogP contribution in [0.15, 0.2) is 53.7 Å². The molecule has 1 aliphatic carbocycles. The summed E-state index contributed by atoms with van der Waals surface area (Å²) < 4.78 is 12.9. The lowest BCUT2D eigenvalue weighted by Gasteiger charge is -2.32. The maximum absolute atomic E-state index is 13.1. The third-order valence-corrected chi connectivity index (χ3v) is 5.88. The molecule has 1 aliphatic heterocycles. The smallest absolute Gasteiger partial charge is 0.226 e. The van der Waals surface area contributed by atoms with Crippen LogP contribution in [0.25, 0.3) is 11.4 Å². The van der Waals surface area contributed by atoms with Crippen LogP contribution in [0.1, 0.15) is 36.4 Å². The predicted octanol–water partition coefficient (Wildman–Crippen LogP) is 4.29. The average Bonchev–Trinajstić information content (AvgIpc) is 3.21. The average molecular weight is 416 g/mol. The number of carbonyl (C=O) groups is 1. The molecule has 2 aliphatic rings. The van der Waals surface area contributed by atoms with Crippen molar-refractivity contribution in [2.75, 3.05) is 19.5 Å². The van der Waals surface area contributed by atoms with Gasteiger partial charge in [0, 0.05) is 28.8 Å². The summed E-state index contributed by atoms with van der Waals surface area (Å²) in [6.07, 6.45) is 2.15. The number of hydrogen-bond acceptors (Lipinski definition) is 6. The second kappa shape index (κ2) is 7.58. The highest BCUT2D eigenvalue weighted by Crippen LogP contribution is 2.44. The van der Waals surface area contributed by atoms with Crippen molar-refractivity contribution in [1.82, 2.24) is 14.8 Å². The van der Waals surface area contributed by atoms with Crippen LogP contribution in [0.4, 0.5) is 5.95 Å². The van der Waals surface area contributed by atoms with Crippen LogP contribution in [0.2, 0.25) is 0 Å². The summed E-state index contributed by atoms with van der Waals surface area (Å²) in [5.41, 5.74) is 4.54. The summed E-state index contributed by atoms with van der Waals surface area (Å²) >= 11 is 0. The van der Waals surface area contributed by atoms with Gasteiger partial charge in [0.05, 0.1) is 14.2 Å². The van der Waals surface area contributed by atoms with Crippen molar-refractivity contribution < 1.29 is 14.3 Å². The molecule has 7 nitrogen and oxygen atoms in total. The molecule has 158 valence electrons. The molecule has 0 fully saturated rings. The summed E-state index contributed by atoms with van der Waals surface area (Å²) in [6.45, 7) is 2.04. The third kappa shape index (κ3) is 3.26. The maximum Gasteiger partial charge on any atom is 0.226 e. The van der Waals surface area contributed by atoms with Gasteiger partial charge >= 0.3 is 0 Å². The molecule has 0 spiro atoms. The molecule has 31 heavy (non-hydrogen) atoms. The number of nitrogens with one attached hydrogen (secondary N) is 1. The standard InChI is InChI=1S/C24H24N4O3/c1-14-6-4-7-15(12-14)23-26-24-25-18-8-5-9-19(29)21(18)22(28(24)27-23)17-13-16(30-2)10-11-20(17)31-3/h4,6-7,10-13,22H,5,8-9H2,1-3H3,(H,25,26,27)/t22-/m1/s1. The number of rotatable bonds is 4. The number of carbonyl (C=O) groups excluding carboxylic acids is 1. The molecule has 0 bridgehead atoms. The molecular formula is C24H24N4O3. The second-order valence-corrected chi connectivity index (χ2v) is 7.88. The van der Waals surface area contributed by atoms with Gasteiger partial charge in [-0.05, 0) is 44.0 Å². The lowest BCUT2D eigenvalue weighted by atomic mass is 9.85. The molecule has 0 amide bonds. The van der Waals surface area contributed by atoms with Gasteiger partial charge in [-0.1, -0.05) is 23.8 Å². The Bertz CT molecular complexity index is 1210. The number of hydrogen-bond donors (Lipinski definition) is 1. The first-order chi connectivity index (χ1) is 15.1. The topological polar surface area (TPSA) is 78.3 Å². The lowest BCUT2D eigenvalue weighted by molar-refractivity contribution is -0.116. The summed E-state index contributed by atoms with van der Waals surface area (Å²) in [7, 11) is 3.26. The highest BCUT2D eigenvalue weighted by Gasteiger charge is 2.38. The highest BCUT2D eigenvalue weighted by molar-refractivity contribution is 5.99. The molecule has 1 atom stereocenters. The van der Waals surface area contributed by atoms with E-state index >= 15 is 0 Å². The van der Waals surface area contributed by atoms with Crippen molar-refractivity contribution in [2.24, 2.45) is 0 Å². The number of methoxy groups -OCH3 is 2. The first-order valence-electron chi connectivity index (χ1n) is 10.4. The third-order valence-electron chi connectivity index (χ3n) is 5.88. The van der Waals surface area contributed by atoms with E-state index in [1.54, 1.807) is 18.9 Å². The van der Waals surface area contributed by atoms with E-state index in [9.17, 15) is 4.79 Å². The summed E-state index contributed by atoms with van der Waals surface area (Å²) in [4.78, 5) is 17.8. The Kier molecular flexibility index (Phi) is 4.73. The molecule has 0 saturated carbocycles. The Morgan fingerprint density at radius 1 is 1.10 bits per heavy atom. The predicted molar refractivity (Wildman–Crippen MR) is 117 cm³/mol. The molecule has 0 unspecified atom stereocenters. The zero-order valence-corrected chi connectivity index (χ0v) is 17.8. The number of benzene rings is 2. The van der Waals surface area contributed by atoms with Gasteiger partial charge < -0.3 is 14.8 Å². The van der Waals surface area contributed by atoms with E-state index in [2.05, 4.69) is 11.4 Å². The van der Waals surface area contributed by atoms with Gasteiger partial charge in [0.15, 0.2) is 11.6 Å². The number of Topliss-reactive ketones (excluding diaryl/α,β-unsaturated/α-hetero) is 1. The fourth-order valence-electron chi connectivity index (χ4n) is 4.40. The summed E-state index contributed by atoms with van der Waals surface area (Å²) in [5.74, 6) is 2.74. The monoisotopic (exact) mass is 416 g/mol. The number of ketones is 1. The Morgan fingerprint density at radius 3 is 2.74 bits per heavy atom. The van der Waals surface area contributed by atoms with Crippen molar-refractivity contribution in [1.29, 1.82) is 0 Å². The van der Waals surface area contributed by atoms with Crippen LogP contribution in [0, 0.1) is 6.92 Å². The van der Waals surface area contributed by atoms with Gasteiger partial charge in [-0.2, -0.15) is 4.98 Å². The SMILES string of the molecule is COc1ccc(OC)c([C@@H]2C3=C(CCCC3=O)Nc3nc(-c4cccc(C)c4)nn32)c1. The summed E-state index contributed by atoms with van der Waals surface area (Å²) in [6, 6.07) is 13.3. The maximum atomic E-state index is 13.1. The number of aryl methyl sites for hydroxylation is 1. The molecule has 0 saturated heterocycles. The molecule has 1 N–H and O–H groups in total. The first kappa shape index (κ1) is 19.4. The van der Waals surface area contributed by atoms with Crippen LogP contribution in [-0.2, 0) is 4.79 Å².